The molecule has 0 aromatic carbocycles. The summed E-state index contributed by atoms with van der Waals surface area (Å²) >= 11 is 1.72. The van der Waals surface area contributed by atoms with Crippen molar-refractivity contribution in [1.29, 1.82) is 0 Å². The van der Waals surface area contributed by atoms with E-state index >= 15 is 0 Å². The van der Waals surface area contributed by atoms with Crippen LogP contribution in [0.4, 0.5) is 4.79 Å². The average Bonchev–Trinajstić information content (AvgIpc) is 2.90. The third kappa shape index (κ3) is 5.96. The lowest BCUT2D eigenvalue weighted by Crippen LogP contribution is -2.47. The Labute approximate surface area is 121 Å². The zero-order valence-corrected chi connectivity index (χ0v) is 12.4. The molecule has 0 saturated heterocycles. The minimum atomic E-state index is -1.08. The Morgan fingerprint density at radius 3 is 2.85 bits per heavy atom. The fraction of sp³-hybridized carbons (Fsp3) is 0.583. The molecule has 0 bridgehead atoms. The molecule has 0 aliphatic rings. The van der Waals surface area contributed by atoms with Gasteiger partial charge in [0.1, 0.15) is 6.04 Å². The SMILES string of the molecule is CSC(C)CCNC(=O)N[C@H](Cc1cnc[nH]1)C(=O)O. The molecule has 112 valence electrons. The zero-order chi connectivity index (χ0) is 15.0. The number of imidazole rings is 1. The van der Waals surface area contributed by atoms with E-state index in [0.717, 1.165) is 6.42 Å². The Kier molecular flexibility index (Phi) is 6.92. The topological polar surface area (TPSA) is 107 Å². The second-order valence-electron chi connectivity index (χ2n) is 4.41. The van der Waals surface area contributed by atoms with Crippen LogP contribution in [0.25, 0.3) is 0 Å². The minimum absolute atomic E-state index is 0.171. The van der Waals surface area contributed by atoms with Crippen LogP contribution in [0.2, 0.25) is 0 Å². The number of carboxylic acid groups (broad SMARTS) is 1. The number of aromatic nitrogens is 2. The smallest absolute Gasteiger partial charge is 0.326 e. The maximum atomic E-state index is 11.6. The van der Waals surface area contributed by atoms with Crippen LogP contribution in [0.5, 0.6) is 0 Å². The van der Waals surface area contributed by atoms with Crippen molar-refractivity contribution in [3.8, 4) is 0 Å². The maximum absolute atomic E-state index is 11.6. The molecule has 4 N–H and O–H groups in total. The molecule has 1 unspecified atom stereocenters. The van der Waals surface area contributed by atoms with Crippen molar-refractivity contribution in [1.82, 2.24) is 20.6 Å². The van der Waals surface area contributed by atoms with Crippen molar-refractivity contribution < 1.29 is 14.7 Å². The van der Waals surface area contributed by atoms with Gasteiger partial charge in [0.05, 0.1) is 6.33 Å². The van der Waals surface area contributed by atoms with E-state index in [1.807, 2.05) is 6.26 Å². The summed E-state index contributed by atoms with van der Waals surface area (Å²) < 4.78 is 0. The number of aliphatic carboxylic acids is 1. The number of amides is 2. The Morgan fingerprint density at radius 2 is 2.30 bits per heavy atom. The summed E-state index contributed by atoms with van der Waals surface area (Å²) in [6.45, 7) is 2.59. The number of carbonyl (C=O) groups excluding carboxylic acids is 1. The van der Waals surface area contributed by atoms with Crippen LogP contribution in [0.1, 0.15) is 19.0 Å². The largest absolute Gasteiger partial charge is 0.480 e. The first kappa shape index (κ1) is 16.4. The lowest BCUT2D eigenvalue weighted by atomic mass is 10.2. The van der Waals surface area contributed by atoms with Crippen LogP contribution in [0.3, 0.4) is 0 Å². The van der Waals surface area contributed by atoms with Gasteiger partial charge in [0, 0.05) is 30.1 Å². The maximum Gasteiger partial charge on any atom is 0.326 e. The molecule has 2 amide bonds. The monoisotopic (exact) mass is 300 g/mol. The first-order valence-corrected chi connectivity index (χ1v) is 7.59. The predicted octanol–water partition coefficient (Wildman–Crippen LogP) is 0.846. The second-order valence-corrected chi connectivity index (χ2v) is 5.68. The molecular weight excluding hydrogens is 280 g/mol. The fourth-order valence-electron chi connectivity index (χ4n) is 1.53. The highest BCUT2D eigenvalue weighted by Gasteiger charge is 2.20. The van der Waals surface area contributed by atoms with E-state index in [1.165, 1.54) is 12.5 Å². The molecule has 0 radical (unpaired) electrons. The molecule has 1 aromatic rings. The Bertz CT molecular complexity index is 424. The minimum Gasteiger partial charge on any atom is -0.480 e. The number of rotatable bonds is 8. The molecule has 8 heteroatoms. The summed E-state index contributed by atoms with van der Waals surface area (Å²) in [4.78, 5) is 29.4. The summed E-state index contributed by atoms with van der Waals surface area (Å²) in [5, 5.41) is 14.6. The normalized spacial score (nSPS) is 13.5. The lowest BCUT2D eigenvalue weighted by molar-refractivity contribution is -0.139. The molecule has 0 fully saturated rings. The molecule has 1 heterocycles. The van der Waals surface area contributed by atoms with E-state index in [9.17, 15) is 9.59 Å². The number of nitrogens with one attached hydrogen (secondary N) is 3. The molecule has 0 aliphatic carbocycles. The molecule has 20 heavy (non-hydrogen) atoms. The van der Waals surface area contributed by atoms with Crippen molar-refractivity contribution in [2.45, 2.75) is 31.1 Å². The van der Waals surface area contributed by atoms with Gasteiger partial charge in [-0.05, 0) is 12.7 Å². The number of hydrogen-bond donors (Lipinski definition) is 4. The summed E-state index contributed by atoms with van der Waals surface area (Å²) in [5.74, 6) is -1.08. The first-order chi connectivity index (χ1) is 9.52. The zero-order valence-electron chi connectivity index (χ0n) is 11.5. The van der Waals surface area contributed by atoms with Gasteiger partial charge in [0.25, 0.3) is 0 Å². The Morgan fingerprint density at radius 1 is 1.55 bits per heavy atom. The van der Waals surface area contributed by atoms with Gasteiger partial charge in [-0.2, -0.15) is 11.8 Å². The van der Waals surface area contributed by atoms with Gasteiger partial charge in [-0.3, -0.25) is 0 Å². The molecule has 1 rings (SSSR count). The fourth-order valence-corrected chi connectivity index (χ4v) is 1.89. The van der Waals surface area contributed by atoms with Gasteiger partial charge in [-0.15, -0.1) is 0 Å². The van der Waals surface area contributed by atoms with Crippen molar-refractivity contribution in [3.63, 3.8) is 0 Å². The van der Waals surface area contributed by atoms with Crippen LogP contribution in [0.15, 0.2) is 12.5 Å². The number of urea groups is 1. The number of aromatic amines is 1. The van der Waals surface area contributed by atoms with Crippen molar-refractivity contribution in [2.75, 3.05) is 12.8 Å². The van der Waals surface area contributed by atoms with Crippen LogP contribution >= 0.6 is 11.8 Å². The standard InChI is InChI=1S/C12H20N4O3S/c1-8(20-2)3-4-14-12(19)16-10(11(17)18)5-9-6-13-7-15-9/h6-8,10H,3-5H2,1-2H3,(H,13,15)(H,17,18)(H2,14,16,19)/t8?,10-/m1/s1. The van der Waals surface area contributed by atoms with E-state index in [-0.39, 0.29) is 6.42 Å². The van der Waals surface area contributed by atoms with E-state index in [0.29, 0.717) is 17.5 Å². The first-order valence-electron chi connectivity index (χ1n) is 6.30. The summed E-state index contributed by atoms with van der Waals surface area (Å²) in [7, 11) is 0. The number of carbonyl (C=O) groups is 2. The van der Waals surface area contributed by atoms with Gasteiger partial charge in [0.2, 0.25) is 0 Å². The van der Waals surface area contributed by atoms with Gasteiger partial charge < -0.3 is 20.7 Å². The van der Waals surface area contributed by atoms with E-state index < -0.39 is 18.0 Å². The number of H-pyrrole nitrogens is 1. The van der Waals surface area contributed by atoms with Crippen molar-refractivity contribution in [2.24, 2.45) is 0 Å². The molecule has 2 atom stereocenters. The predicted molar refractivity (Wildman–Crippen MR) is 77.8 cm³/mol. The highest BCUT2D eigenvalue weighted by Crippen LogP contribution is 2.07. The van der Waals surface area contributed by atoms with Crippen molar-refractivity contribution >= 4 is 23.8 Å². The molecule has 0 saturated carbocycles. The van der Waals surface area contributed by atoms with Crippen LogP contribution < -0.4 is 10.6 Å². The molecular formula is C12H20N4O3S. The van der Waals surface area contributed by atoms with Crippen molar-refractivity contribution in [3.05, 3.63) is 18.2 Å². The average molecular weight is 300 g/mol. The van der Waals surface area contributed by atoms with Crippen LogP contribution in [0, 0.1) is 0 Å². The summed E-state index contributed by atoms with van der Waals surface area (Å²) in [5.41, 5.74) is 0.661. The van der Waals surface area contributed by atoms with E-state index in [2.05, 4.69) is 27.5 Å². The lowest BCUT2D eigenvalue weighted by Gasteiger charge is -2.15. The van der Waals surface area contributed by atoms with Gasteiger partial charge in [-0.1, -0.05) is 6.92 Å². The van der Waals surface area contributed by atoms with Gasteiger partial charge in [-0.25, -0.2) is 14.6 Å². The van der Waals surface area contributed by atoms with Crippen LogP contribution in [-0.4, -0.2) is 51.2 Å². The Hall–Kier alpha value is -1.70. The third-order valence-electron chi connectivity index (χ3n) is 2.82. The molecule has 0 aliphatic heterocycles. The van der Waals surface area contributed by atoms with E-state index in [1.54, 1.807) is 11.8 Å². The van der Waals surface area contributed by atoms with Crippen LogP contribution in [-0.2, 0) is 11.2 Å². The molecule has 1 aromatic heterocycles. The molecule has 0 spiro atoms. The number of carboxylic acids is 1. The second kappa shape index (κ2) is 8.47. The number of thioether (sulfide) groups is 1. The number of hydrogen-bond acceptors (Lipinski definition) is 4. The highest BCUT2D eigenvalue weighted by atomic mass is 32.2. The van der Waals surface area contributed by atoms with Gasteiger partial charge >= 0.3 is 12.0 Å². The Balaban J connectivity index is 2.37. The third-order valence-corrected chi connectivity index (χ3v) is 3.86. The van der Waals surface area contributed by atoms with E-state index in [4.69, 9.17) is 5.11 Å². The summed E-state index contributed by atoms with van der Waals surface area (Å²) in [6.07, 6.45) is 6.03. The highest BCUT2D eigenvalue weighted by molar-refractivity contribution is 7.99. The molecule has 7 nitrogen and oxygen atoms in total. The quantitative estimate of drug-likeness (QED) is 0.569. The van der Waals surface area contributed by atoms with Gasteiger partial charge in [0.15, 0.2) is 0 Å². The summed E-state index contributed by atoms with van der Waals surface area (Å²) in [6, 6.07) is -1.45. The number of nitrogens with zero attached hydrogens (tertiary/aromatic N) is 1.